The van der Waals surface area contributed by atoms with E-state index in [-0.39, 0.29) is 0 Å². The van der Waals surface area contributed by atoms with Gasteiger partial charge in [0.2, 0.25) is 0 Å². The maximum Gasteiger partial charge on any atom is 0.343 e. The Morgan fingerprint density at radius 2 is 2.10 bits per heavy atom. The molecule has 1 atom stereocenters. The molecule has 5 heteroatoms. The van der Waals surface area contributed by atoms with Crippen LogP contribution < -0.4 is 5.48 Å². The van der Waals surface area contributed by atoms with E-state index in [9.17, 15) is 4.57 Å². The maximum absolute atomic E-state index is 11.1. The molecule has 0 amide bonds. The first kappa shape index (κ1) is 10.1. The first-order valence-electron chi connectivity index (χ1n) is 3.26. The molecule has 0 saturated heterocycles. The average molecular weight is 167 g/mol. The van der Waals surface area contributed by atoms with E-state index in [2.05, 4.69) is 5.48 Å². The minimum absolute atomic E-state index is 0.402. The molecule has 0 spiro atoms. The molecule has 0 heterocycles. The molecule has 0 rings (SSSR count). The van der Waals surface area contributed by atoms with Crippen molar-refractivity contribution >= 4 is 7.60 Å². The second-order valence-corrected chi connectivity index (χ2v) is 3.76. The van der Waals surface area contributed by atoms with Crippen LogP contribution in [0, 0.1) is 0 Å². The van der Waals surface area contributed by atoms with Gasteiger partial charge in [-0.25, -0.2) is 4.62 Å². The summed E-state index contributed by atoms with van der Waals surface area (Å²) in [5, 5.41) is 0. The second-order valence-electron chi connectivity index (χ2n) is 1.78. The van der Waals surface area contributed by atoms with Crippen LogP contribution in [0.2, 0.25) is 0 Å². The van der Waals surface area contributed by atoms with Crippen LogP contribution in [-0.2, 0) is 13.7 Å². The summed E-state index contributed by atoms with van der Waals surface area (Å²) >= 11 is 0. The zero-order chi connectivity index (χ0) is 8.04. The minimum Gasteiger partial charge on any atom is -0.308 e. The lowest BCUT2D eigenvalue weighted by Gasteiger charge is -2.11. The first-order chi connectivity index (χ1) is 4.62. The van der Waals surface area contributed by atoms with Crippen LogP contribution in [-0.4, -0.2) is 19.8 Å². The van der Waals surface area contributed by atoms with Gasteiger partial charge < -0.3 is 4.52 Å². The van der Waals surface area contributed by atoms with E-state index in [1.54, 1.807) is 6.92 Å². The topological polar surface area (TPSA) is 47.6 Å². The Balaban J connectivity index is 3.53. The van der Waals surface area contributed by atoms with Gasteiger partial charge in [-0.15, -0.1) is 0 Å². The number of rotatable bonds is 5. The standard InChI is InChI=1S/C5H14NO3P/c1-4-6-9-10(3,7)8-5-2/h6H,4-5H2,1-3H3. The van der Waals surface area contributed by atoms with Crippen LogP contribution in [0.1, 0.15) is 13.8 Å². The highest BCUT2D eigenvalue weighted by atomic mass is 31.2. The molecule has 0 fully saturated rings. The van der Waals surface area contributed by atoms with E-state index < -0.39 is 7.60 Å². The van der Waals surface area contributed by atoms with Gasteiger partial charge in [0.15, 0.2) is 0 Å². The number of hydroxylamine groups is 1. The van der Waals surface area contributed by atoms with Crippen LogP contribution in [0.3, 0.4) is 0 Å². The van der Waals surface area contributed by atoms with E-state index in [1.807, 2.05) is 6.92 Å². The summed E-state index contributed by atoms with van der Waals surface area (Å²) < 4.78 is 20.6. The Bertz CT molecular complexity index is 128. The van der Waals surface area contributed by atoms with Crippen molar-refractivity contribution in [3.8, 4) is 0 Å². The van der Waals surface area contributed by atoms with Gasteiger partial charge in [0.25, 0.3) is 0 Å². The van der Waals surface area contributed by atoms with Crippen molar-refractivity contribution < 1.29 is 13.7 Å². The van der Waals surface area contributed by atoms with E-state index in [1.165, 1.54) is 6.66 Å². The van der Waals surface area contributed by atoms with Gasteiger partial charge in [0, 0.05) is 13.2 Å². The van der Waals surface area contributed by atoms with Crippen LogP contribution in [0.25, 0.3) is 0 Å². The molecule has 0 saturated carbocycles. The lowest BCUT2D eigenvalue weighted by atomic mass is 10.8. The number of hydrogen-bond donors (Lipinski definition) is 1. The summed E-state index contributed by atoms with van der Waals surface area (Å²) in [6, 6.07) is 0. The van der Waals surface area contributed by atoms with Crippen molar-refractivity contribution in [1.29, 1.82) is 0 Å². The molecule has 4 nitrogen and oxygen atoms in total. The van der Waals surface area contributed by atoms with E-state index in [4.69, 9.17) is 9.15 Å². The molecule has 0 radical (unpaired) electrons. The van der Waals surface area contributed by atoms with Crippen molar-refractivity contribution in [1.82, 2.24) is 5.48 Å². The summed E-state index contributed by atoms with van der Waals surface area (Å²) in [4.78, 5) is 0. The average Bonchev–Trinajstić information content (AvgIpc) is 1.84. The number of nitrogens with one attached hydrogen (secondary N) is 1. The monoisotopic (exact) mass is 167 g/mol. The highest BCUT2D eigenvalue weighted by Gasteiger charge is 2.14. The Labute approximate surface area is 61.4 Å². The largest absolute Gasteiger partial charge is 0.343 e. The van der Waals surface area contributed by atoms with Gasteiger partial charge in [-0.2, -0.15) is 5.48 Å². The summed E-state index contributed by atoms with van der Waals surface area (Å²) in [6.07, 6.45) is 0. The van der Waals surface area contributed by atoms with Crippen LogP contribution in [0.4, 0.5) is 0 Å². The zero-order valence-electron chi connectivity index (χ0n) is 6.59. The fourth-order valence-corrected chi connectivity index (χ4v) is 1.33. The molecule has 0 aliphatic heterocycles. The van der Waals surface area contributed by atoms with Gasteiger partial charge in [-0.1, -0.05) is 6.92 Å². The van der Waals surface area contributed by atoms with Crippen molar-refractivity contribution in [2.24, 2.45) is 0 Å². The Morgan fingerprint density at radius 3 is 2.50 bits per heavy atom. The summed E-state index contributed by atoms with van der Waals surface area (Å²) in [6.45, 7) is 6.07. The molecule has 1 unspecified atom stereocenters. The van der Waals surface area contributed by atoms with Crippen LogP contribution in [0.15, 0.2) is 0 Å². The molecule has 10 heavy (non-hydrogen) atoms. The van der Waals surface area contributed by atoms with Gasteiger partial charge in [0.05, 0.1) is 6.61 Å². The smallest absolute Gasteiger partial charge is 0.308 e. The Hall–Kier alpha value is 0.110. The highest BCUT2D eigenvalue weighted by Crippen LogP contribution is 2.41. The van der Waals surface area contributed by atoms with Crippen LogP contribution >= 0.6 is 7.60 Å². The van der Waals surface area contributed by atoms with E-state index in [0.29, 0.717) is 13.2 Å². The van der Waals surface area contributed by atoms with Gasteiger partial charge in [-0.05, 0) is 6.92 Å². The highest BCUT2D eigenvalue weighted by molar-refractivity contribution is 7.52. The van der Waals surface area contributed by atoms with E-state index in [0.717, 1.165) is 0 Å². The zero-order valence-corrected chi connectivity index (χ0v) is 7.48. The van der Waals surface area contributed by atoms with Gasteiger partial charge in [0.1, 0.15) is 0 Å². The number of hydrogen-bond acceptors (Lipinski definition) is 4. The van der Waals surface area contributed by atoms with E-state index >= 15 is 0 Å². The summed E-state index contributed by atoms with van der Waals surface area (Å²) in [5.41, 5.74) is 2.49. The third kappa shape index (κ3) is 4.94. The minimum atomic E-state index is -2.82. The predicted octanol–water partition coefficient (Wildman–Crippen LogP) is 1.39. The molecule has 1 N–H and O–H groups in total. The summed E-state index contributed by atoms with van der Waals surface area (Å²) in [5.74, 6) is 0. The second kappa shape index (κ2) is 4.85. The molecule has 0 bridgehead atoms. The quantitative estimate of drug-likeness (QED) is 0.496. The van der Waals surface area contributed by atoms with Crippen molar-refractivity contribution in [2.75, 3.05) is 19.8 Å². The van der Waals surface area contributed by atoms with Crippen molar-refractivity contribution in [3.63, 3.8) is 0 Å². The molecule has 62 valence electrons. The van der Waals surface area contributed by atoms with Crippen molar-refractivity contribution in [3.05, 3.63) is 0 Å². The van der Waals surface area contributed by atoms with Gasteiger partial charge in [-0.3, -0.25) is 4.57 Å². The van der Waals surface area contributed by atoms with Crippen LogP contribution in [0.5, 0.6) is 0 Å². The fraction of sp³-hybridized carbons (Fsp3) is 1.00. The maximum atomic E-state index is 11.1. The molecule has 0 aliphatic rings. The first-order valence-corrected chi connectivity index (χ1v) is 5.25. The lowest BCUT2D eigenvalue weighted by Crippen LogP contribution is -2.12. The SMILES string of the molecule is CCNOP(C)(=O)OCC. The molecule has 0 aromatic rings. The van der Waals surface area contributed by atoms with Crippen molar-refractivity contribution in [2.45, 2.75) is 13.8 Å². The molecular weight excluding hydrogens is 153 g/mol. The summed E-state index contributed by atoms with van der Waals surface area (Å²) in [7, 11) is -2.82. The molecule has 0 aromatic carbocycles. The molecule has 0 aromatic heterocycles. The third-order valence-corrected chi connectivity index (χ3v) is 1.93. The Morgan fingerprint density at radius 1 is 1.50 bits per heavy atom. The fourth-order valence-electron chi connectivity index (χ4n) is 0.443. The molecule has 0 aliphatic carbocycles. The normalized spacial score (nSPS) is 16.7. The predicted molar refractivity (Wildman–Crippen MR) is 39.9 cm³/mol. The lowest BCUT2D eigenvalue weighted by molar-refractivity contribution is 0.150. The van der Waals surface area contributed by atoms with Gasteiger partial charge >= 0.3 is 7.60 Å². The Kier molecular flexibility index (Phi) is 4.91. The third-order valence-electron chi connectivity index (χ3n) is 0.738. The molecular formula is C5H14NO3P.